The number of urea groups is 1. The summed E-state index contributed by atoms with van der Waals surface area (Å²) in [6, 6.07) is 11.6. The first-order chi connectivity index (χ1) is 14.2. The van der Waals surface area contributed by atoms with Gasteiger partial charge in [-0.15, -0.1) is 11.3 Å². The van der Waals surface area contributed by atoms with Crippen molar-refractivity contribution in [3.05, 3.63) is 64.3 Å². The number of anilines is 1. The van der Waals surface area contributed by atoms with Gasteiger partial charge >= 0.3 is 6.03 Å². The summed E-state index contributed by atoms with van der Waals surface area (Å²) in [7, 11) is 1.62. The molecule has 0 bridgehead atoms. The Morgan fingerprint density at radius 2 is 1.97 bits per heavy atom. The maximum absolute atomic E-state index is 13.4. The van der Waals surface area contributed by atoms with Crippen LogP contribution in [0.2, 0.25) is 0 Å². The number of amides is 2. The van der Waals surface area contributed by atoms with Crippen LogP contribution in [0.25, 0.3) is 5.00 Å². The first-order valence-corrected chi connectivity index (χ1v) is 11.0. The van der Waals surface area contributed by atoms with Crippen molar-refractivity contribution >= 4 is 23.1 Å². The van der Waals surface area contributed by atoms with Crippen molar-refractivity contribution in [2.45, 2.75) is 45.2 Å². The van der Waals surface area contributed by atoms with Crippen molar-refractivity contribution in [3.8, 4) is 10.8 Å². The smallest absolute Gasteiger partial charge is 0.322 e. The Balaban J connectivity index is 1.54. The van der Waals surface area contributed by atoms with E-state index in [0.29, 0.717) is 18.0 Å². The molecule has 1 aromatic carbocycles. The van der Waals surface area contributed by atoms with E-state index >= 15 is 0 Å². The van der Waals surface area contributed by atoms with Gasteiger partial charge in [0, 0.05) is 22.3 Å². The molecule has 1 aliphatic carbocycles. The van der Waals surface area contributed by atoms with E-state index in [2.05, 4.69) is 35.1 Å². The Morgan fingerprint density at radius 1 is 1.14 bits per heavy atom. The van der Waals surface area contributed by atoms with Gasteiger partial charge < -0.3 is 19.5 Å². The number of aromatic nitrogens is 1. The molecule has 29 heavy (non-hydrogen) atoms. The number of carbonyl (C=O) groups excluding carboxylic acids is 1. The van der Waals surface area contributed by atoms with Crippen LogP contribution in [0, 0.1) is 0 Å². The van der Waals surface area contributed by atoms with Crippen LogP contribution < -0.4 is 10.1 Å². The van der Waals surface area contributed by atoms with Gasteiger partial charge in [-0.1, -0.05) is 12.1 Å². The lowest BCUT2D eigenvalue weighted by Gasteiger charge is -2.28. The number of aryl methyl sites for hydroxylation is 1. The Kier molecular flexibility index (Phi) is 4.59. The van der Waals surface area contributed by atoms with Crippen LogP contribution in [0.4, 0.5) is 10.5 Å². The number of thiophene rings is 1. The van der Waals surface area contributed by atoms with Gasteiger partial charge in [-0.05, 0) is 62.4 Å². The highest BCUT2D eigenvalue weighted by Gasteiger charge is 2.33. The number of ether oxygens (including phenoxy) is 1. The normalized spacial score (nSPS) is 17.7. The average molecular weight is 408 g/mol. The van der Waals surface area contributed by atoms with Crippen molar-refractivity contribution in [3.63, 3.8) is 0 Å². The SMILES string of the molecule is COc1ccccc1NC(=O)N1Cc2c(sc3c2CCCC3)-n2cccc2[C@@H]1C. The summed E-state index contributed by atoms with van der Waals surface area (Å²) < 4.78 is 7.70. The van der Waals surface area contributed by atoms with Crippen LogP contribution in [0.1, 0.15) is 47.5 Å². The zero-order valence-electron chi connectivity index (χ0n) is 16.8. The number of hydrogen-bond acceptors (Lipinski definition) is 3. The van der Waals surface area contributed by atoms with Gasteiger partial charge in [0.15, 0.2) is 0 Å². The molecular formula is C23H25N3O2S. The van der Waals surface area contributed by atoms with Gasteiger partial charge in [-0.25, -0.2) is 4.79 Å². The molecule has 3 heterocycles. The number of benzene rings is 1. The fourth-order valence-corrected chi connectivity index (χ4v) is 5.95. The number of nitrogens with zero attached hydrogens (tertiary/aromatic N) is 2. The van der Waals surface area contributed by atoms with E-state index in [4.69, 9.17) is 4.74 Å². The second kappa shape index (κ2) is 7.26. The van der Waals surface area contributed by atoms with Crippen LogP contribution in [-0.2, 0) is 19.4 Å². The quantitative estimate of drug-likeness (QED) is 0.607. The summed E-state index contributed by atoms with van der Waals surface area (Å²) in [4.78, 5) is 16.8. The van der Waals surface area contributed by atoms with Crippen LogP contribution in [0.5, 0.6) is 5.75 Å². The molecule has 0 unspecified atom stereocenters. The molecule has 3 aromatic rings. The van der Waals surface area contributed by atoms with Crippen LogP contribution in [-0.4, -0.2) is 22.6 Å². The zero-order valence-corrected chi connectivity index (χ0v) is 17.6. The molecule has 6 heteroatoms. The Hall–Kier alpha value is -2.73. The fraction of sp³-hybridized carbons (Fsp3) is 0.348. The molecule has 0 fully saturated rings. The summed E-state index contributed by atoms with van der Waals surface area (Å²) in [6.45, 7) is 2.74. The molecule has 5 rings (SSSR count). The maximum atomic E-state index is 13.4. The van der Waals surface area contributed by atoms with E-state index in [-0.39, 0.29) is 12.1 Å². The molecule has 1 N–H and O–H groups in total. The van der Waals surface area contributed by atoms with Gasteiger partial charge in [0.2, 0.25) is 0 Å². The Labute approximate surface area is 174 Å². The standard InChI is InChI=1S/C23H25N3O2S/c1-15-19-10-7-13-25(19)22-17(16-8-3-6-12-21(16)29-22)14-26(15)23(27)24-18-9-4-5-11-20(18)28-2/h4-5,7,9-11,13,15H,3,6,8,12,14H2,1-2H3,(H,24,27)/t15-/m0/s1. The number of carbonyl (C=O) groups is 1. The van der Waals surface area contributed by atoms with E-state index in [9.17, 15) is 4.79 Å². The first kappa shape index (κ1) is 18.3. The van der Waals surface area contributed by atoms with Crippen LogP contribution in [0.3, 0.4) is 0 Å². The minimum absolute atomic E-state index is 0.0291. The van der Waals surface area contributed by atoms with Gasteiger partial charge in [0.1, 0.15) is 10.8 Å². The lowest BCUT2D eigenvalue weighted by atomic mass is 9.95. The molecule has 2 aromatic heterocycles. The van der Waals surface area contributed by atoms with Crippen molar-refractivity contribution in [2.75, 3.05) is 12.4 Å². The molecule has 2 aliphatic rings. The molecule has 150 valence electrons. The van der Waals surface area contributed by atoms with Crippen molar-refractivity contribution in [1.82, 2.24) is 9.47 Å². The number of nitrogens with one attached hydrogen (secondary N) is 1. The lowest BCUT2D eigenvalue weighted by Crippen LogP contribution is -2.36. The maximum Gasteiger partial charge on any atom is 0.322 e. The van der Waals surface area contributed by atoms with Crippen molar-refractivity contribution < 1.29 is 9.53 Å². The largest absolute Gasteiger partial charge is 0.495 e. The number of rotatable bonds is 2. The van der Waals surface area contributed by atoms with Gasteiger partial charge in [0.05, 0.1) is 25.4 Å². The second-order valence-corrected chi connectivity index (χ2v) is 8.82. The fourth-order valence-electron chi connectivity index (χ4n) is 4.54. The number of methoxy groups -OCH3 is 1. The molecule has 0 radical (unpaired) electrons. The van der Waals surface area contributed by atoms with E-state index in [1.54, 1.807) is 7.11 Å². The molecule has 0 spiro atoms. The molecule has 5 nitrogen and oxygen atoms in total. The monoisotopic (exact) mass is 407 g/mol. The topological polar surface area (TPSA) is 46.5 Å². The Morgan fingerprint density at radius 3 is 2.83 bits per heavy atom. The lowest BCUT2D eigenvalue weighted by molar-refractivity contribution is 0.189. The molecular weight excluding hydrogens is 382 g/mol. The highest BCUT2D eigenvalue weighted by Crippen LogP contribution is 2.42. The predicted molar refractivity (Wildman–Crippen MR) is 116 cm³/mol. The zero-order chi connectivity index (χ0) is 20.0. The summed E-state index contributed by atoms with van der Waals surface area (Å²) in [5.41, 5.74) is 4.64. The third kappa shape index (κ3) is 3.02. The first-order valence-electron chi connectivity index (χ1n) is 10.2. The van der Waals surface area contributed by atoms with Crippen LogP contribution >= 0.6 is 11.3 Å². The molecule has 1 atom stereocenters. The van der Waals surface area contributed by atoms with E-state index in [1.807, 2.05) is 40.5 Å². The highest BCUT2D eigenvalue weighted by molar-refractivity contribution is 7.15. The molecule has 0 saturated heterocycles. The minimum atomic E-state index is -0.0987. The van der Waals surface area contributed by atoms with Gasteiger partial charge in [-0.2, -0.15) is 0 Å². The van der Waals surface area contributed by atoms with Gasteiger partial charge in [0.25, 0.3) is 0 Å². The number of para-hydroxylation sites is 2. The van der Waals surface area contributed by atoms with E-state index in [0.717, 1.165) is 18.5 Å². The summed E-state index contributed by atoms with van der Waals surface area (Å²) in [5.74, 6) is 0.667. The second-order valence-electron chi connectivity index (χ2n) is 7.73. The third-order valence-corrected chi connectivity index (χ3v) is 7.43. The van der Waals surface area contributed by atoms with E-state index in [1.165, 1.54) is 33.8 Å². The summed E-state index contributed by atoms with van der Waals surface area (Å²) in [5, 5.41) is 4.36. The van der Waals surface area contributed by atoms with Crippen molar-refractivity contribution in [1.29, 1.82) is 0 Å². The van der Waals surface area contributed by atoms with E-state index < -0.39 is 0 Å². The Bertz CT molecular complexity index is 1070. The van der Waals surface area contributed by atoms with Crippen LogP contribution in [0.15, 0.2) is 42.6 Å². The molecule has 1 aliphatic heterocycles. The highest BCUT2D eigenvalue weighted by atomic mass is 32.1. The summed E-state index contributed by atoms with van der Waals surface area (Å²) >= 11 is 1.91. The van der Waals surface area contributed by atoms with Crippen molar-refractivity contribution in [2.24, 2.45) is 0 Å². The molecule has 2 amide bonds. The number of fused-ring (bicyclic) bond motifs is 5. The van der Waals surface area contributed by atoms with Gasteiger partial charge in [-0.3, -0.25) is 0 Å². The predicted octanol–water partition coefficient (Wildman–Crippen LogP) is 5.53. The summed E-state index contributed by atoms with van der Waals surface area (Å²) in [6.07, 6.45) is 6.91. The third-order valence-electron chi connectivity index (χ3n) is 6.09. The molecule has 0 saturated carbocycles. The number of hydrogen-bond donors (Lipinski definition) is 1. The minimum Gasteiger partial charge on any atom is -0.495 e. The average Bonchev–Trinajstić information content (AvgIpc) is 3.34.